The summed E-state index contributed by atoms with van der Waals surface area (Å²) in [7, 11) is 0. The number of amides is 1. The summed E-state index contributed by atoms with van der Waals surface area (Å²) in [5, 5.41) is 10.9. The second-order valence-electron chi connectivity index (χ2n) is 7.77. The zero-order valence-electron chi connectivity index (χ0n) is 18.7. The summed E-state index contributed by atoms with van der Waals surface area (Å²) in [6, 6.07) is 24.6. The summed E-state index contributed by atoms with van der Waals surface area (Å²) >= 11 is 0. The molecule has 7 nitrogen and oxygen atoms in total. The molecule has 0 aliphatic rings. The first-order chi connectivity index (χ1) is 16.4. The smallest absolute Gasteiger partial charge is 0.217 e. The lowest BCUT2D eigenvalue weighted by Gasteiger charge is -2.15. The van der Waals surface area contributed by atoms with Crippen molar-refractivity contribution in [2.75, 3.05) is 5.73 Å². The van der Waals surface area contributed by atoms with Crippen molar-refractivity contribution >= 4 is 17.4 Å². The highest BCUT2D eigenvalue weighted by atomic mass is 16.5. The van der Waals surface area contributed by atoms with Gasteiger partial charge >= 0.3 is 0 Å². The van der Waals surface area contributed by atoms with Crippen molar-refractivity contribution in [2.24, 2.45) is 5.73 Å². The third kappa shape index (κ3) is 5.05. The van der Waals surface area contributed by atoms with Gasteiger partial charge in [-0.3, -0.25) is 15.2 Å². The molecule has 0 saturated heterocycles. The quantitative estimate of drug-likeness (QED) is 0.239. The molecular weight excluding hydrogens is 426 g/mol. The molecule has 0 spiro atoms. The molecule has 0 radical (unpaired) electrons. The predicted octanol–water partition coefficient (Wildman–Crippen LogP) is 4.71. The molecule has 3 aromatic carbocycles. The zero-order chi connectivity index (χ0) is 24.1. The van der Waals surface area contributed by atoms with Crippen molar-refractivity contribution in [3.05, 3.63) is 96.2 Å². The molecule has 0 aliphatic carbocycles. The van der Waals surface area contributed by atoms with Gasteiger partial charge in [-0.1, -0.05) is 54.6 Å². The predicted molar refractivity (Wildman–Crippen MR) is 135 cm³/mol. The summed E-state index contributed by atoms with van der Waals surface area (Å²) in [6.07, 6.45) is 1.68. The maximum Gasteiger partial charge on any atom is 0.217 e. The number of nitrogens with one attached hydrogen (secondary N) is 2. The summed E-state index contributed by atoms with van der Waals surface area (Å²) in [4.78, 5) is 15.7. The Bertz CT molecular complexity index is 1320. The van der Waals surface area contributed by atoms with Gasteiger partial charge in [-0.25, -0.2) is 0 Å². The van der Waals surface area contributed by atoms with Gasteiger partial charge in [-0.05, 0) is 35.4 Å². The second-order valence-corrected chi connectivity index (χ2v) is 7.77. The zero-order valence-corrected chi connectivity index (χ0v) is 18.7. The van der Waals surface area contributed by atoms with Gasteiger partial charge in [0, 0.05) is 30.8 Å². The number of aromatic nitrogens is 1. The van der Waals surface area contributed by atoms with Crippen LogP contribution in [0.4, 0.5) is 5.69 Å². The van der Waals surface area contributed by atoms with E-state index >= 15 is 0 Å². The minimum Gasteiger partial charge on any atom is -0.457 e. The Morgan fingerprint density at radius 3 is 2.18 bits per heavy atom. The summed E-state index contributed by atoms with van der Waals surface area (Å²) in [5.74, 6) is 1.22. The molecule has 4 aromatic rings. The van der Waals surface area contributed by atoms with E-state index < -0.39 is 0 Å². The molecule has 0 unspecified atom stereocenters. The van der Waals surface area contributed by atoms with Gasteiger partial charge in [0.05, 0.1) is 16.9 Å². The summed E-state index contributed by atoms with van der Waals surface area (Å²) in [5.41, 5.74) is 17.0. The van der Waals surface area contributed by atoms with Gasteiger partial charge in [0.1, 0.15) is 17.3 Å². The fraction of sp³-hybridized carbons (Fsp3) is 0.0741. The van der Waals surface area contributed by atoms with Crippen LogP contribution in [0.15, 0.2) is 85.1 Å². The van der Waals surface area contributed by atoms with E-state index in [1.807, 2.05) is 78.9 Å². The van der Waals surface area contributed by atoms with Crippen LogP contribution in [0.3, 0.4) is 0 Å². The Morgan fingerprint density at radius 1 is 0.941 bits per heavy atom. The lowest BCUT2D eigenvalue weighted by molar-refractivity contribution is -0.119. The van der Waals surface area contributed by atoms with Crippen LogP contribution >= 0.6 is 0 Å². The van der Waals surface area contributed by atoms with Crippen LogP contribution in [0, 0.1) is 5.41 Å². The number of ether oxygens (including phenoxy) is 1. The minimum atomic E-state index is -0.136. The van der Waals surface area contributed by atoms with Gasteiger partial charge in [0.15, 0.2) is 0 Å². The number of para-hydroxylation sites is 1. The van der Waals surface area contributed by atoms with Crippen LogP contribution in [-0.2, 0) is 11.3 Å². The molecule has 6 N–H and O–H groups in total. The van der Waals surface area contributed by atoms with Gasteiger partial charge in [-0.2, -0.15) is 0 Å². The number of hydrogen-bond donors (Lipinski definition) is 4. The van der Waals surface area contributed by atoms with Crippen LogP contribution < -0.4 is 21.5 Å². The molecule has 0 saturated carbocycles. The van der Waals surface area contributed by atoms with Gasteiger partial charge < -0.3 is 21.5 Å². The minimum absolute atomic E-state index is 0.0867. The third-order valence-corrected chi connectivity index (χ3v) is 5.30. The molecule has 0 aliphatic heterocycles. The van der Waals surface area contributed by atoms with E-state index in [4.69, 9.17) is 21.6 Å². The highest BCUT2D eigenvalue weighted by Crippen LogP contribution is 2.34. The van der Waals surface area contributed by atoms with Crippen LogP contribution in [0.1, 0.15) is 18.1 Å². The van der Waals surface area contributed by atoms with Gasteiger partial charge in [0.25, 0.3) is 0 Å². The number of rotatable bonds is 7. The van der Waals surface area contributed by atoms with E-state index in [1.165, 1.54) is 6.92 Å². The molecule has 1 amide bonds. The van der Waals surface area contributed by atoms with Crippen molar-refractivity contribution < 1.29 is 9.53 Å². The standard InChI is InChI=1S/C27H25N5O2/c1-17(33)31-15-18-7-9-20(10-8-18)26-25(28)24(27(29)30)23(16-32-26)19-11-13-22(14-12-19)34-21-5-3-2-4-6-21/h2-14,16H,15,28H2,1H3,(H3,29,30)(H,31,33). The maximum atomic E-state index is 11.1. The molecule has 4 rings (SSSR count). The van der Waals surface area contributed by atoms with E-state index in [0.29, 0.717) is 34.8 Å². The molecule has 0 atom stereocenters. The number of anilines is 1. The number of amidine groups is 1. The fourth-order valence-corrected chi connectivity index (χ4v) is 3.60. The Labute approximate surface area is 197 Å². The fourth-order valence-electron chi connectivity index (χ4n) is 3.60. The topological polar surface area (TPSA) is 127 Å². The molecule has 170 valence electrons. The number of hydrogen-bond acceptors (Lipinski definition) is 5. The average molecular weight is 452 g/mol. The largest absolute Gasteiger partial charge is 0.457 e. The van der Waals surface area contributed by atoms with Crippen LogP contribution in [0.25, 0.3) is 22.4 Å². The Balaban J connectivity index is 1.63. The van der Waals surface area contributed by atoms with Crippen molar-refractivity contribution in [3.63, 3.8) is 0 Å². The number of nitrogens with zero attached hydrogens (tertiary/aromatic N) is 1. The van der Waals surface area contributed by atoms with Crippen molar-refractivity contribution in [1.29, 1.82) is 5.41 Å². The normalized spacial score (nSPS) is 10.5. The second kappa shape index (κ2) is 9.87. The molecule has 1 aromatic heterocycles. The van der Waals surface area contributed by atoms with Gasteiger partial charge in [0.2, 0.25) is 5.91 Å². The average Bonchev–Trinajstić information content (AvgIpc) is 2.84. The molecule has 0 fully saturated rings. The maximum absolute atomic E-state index is 11.1. The number of benzene rings is 3. The van der Waals surface area contributed by atoms with Crippen molar-refractivity contribution in [1.82, 2.24) is 10.3 Å². The first kappa shape index (κ1) is 22.5. The van der Waals surface area contributed by atoms with Crippen molar-refractivity contribution in [2.45, 2.75) is 13.5 Å². The number of carbonyl (C=O) groups excluding carboxylic acids is 1. The Morgan fingerprint density at radius 2 is 1.56 bits per heavy atom. The number of nitrogen functional groups attached to an aromatic ring is 2. The Hall–Kier alpha value is -4.65. The number of carbonyl (C=O) groups is 1. The first-order valence-corrected chi connectivity index (χ1v) is 10.7. The van der Waals surface area contributed by atoms with Crippen molar-refractivity contribution in [3.8, 4) is 33.9 Å². The molecule has 34 heavy (non-hydrogen) atoms. The van der Waals surface area contributed by atoms with E-state index in [2.05, 4.69) is 10.3 Å². The van der Waals surface area contributed by atoms with Crippen LogP contribution in [0.5, 0.6) is 11.5 Å². The third-order valence-electron chi connectivity index (χ3n) is 5.30. The lowest BCUT2D eigenvalue weighted by atomic mass is 9.96. The van der Waals surface area contributed by atoms with E-state index in [9.17, 15) is 4.79 Å². The van der Waals surface area contributed by atoms with Crippen LogP contribution in [0.2, 0.25) is 0 Å². The SMILES string of the molecule is CC(=O)NCc1ccc(-c2ncc(-c3ccc(Oc4ccccc4)cc3)c(C(=N)N)c2N)cc1. The lowest BCUT2D eigenvalue weighted by Crippen LogP contribution is -2.18. The summed E-state index contributed by atoms with van der Waals surface area (Å²) < 4.78 is 5.86. The molecular formula is C27H25N5O2. The molecule has 0 bridgehead atoms. The highest BCUT2D eigenvalue weighted by molar-refractivity contribution is 6.08. The van der Waals surface area contributed by atoms with E-state index in [-0.39, 0.29) is 11.7 Å². The molecule has 7 heteroatoms. The van der Waals surface area contributed by atoms with Crippen LogP contribution in [-0.4, -0.2) is 16.7 Å². The number of nitrogens with two attached hydrogens (primary N) is 2. The van der Waals surface area contributed by atoms with Gasteiger partial charge in [-0.15, -0.1) is 0 Å². The first-order valence-electron chi connectivity index (χ1n) is 10.7. The Kier molecular flexibility index (Phi) is 6.54. The monoisotopic (exact) mass is 451 g/mol. The number of pyridine rings is 1. The molecule has 1 heterocycles. The summed E-state index contributed by atoms with van der Waals surface area (Å²) in [6.45, 7) is 1.92. The van der Waals surface area contributed by atoms with E-state index in [0.717, 1.165) is 22.4 Å². The van der Waals surface area contributed by atoms with E-state index in [1.54, 1.807) is 6.20 Å². The highest BCUT2D eigenvalue weighted by Gasteiger charge is 2.17.